The van der Waals surface area contributed by atoms with Gasteiger partial charge < -0.3 is 9.64 Å². The van der Waals surface area contributed by atoms with Gasteiger partial charge in [0.1, 0.15) is 5.60 Å². The lowest BCUT2D eigenvalue weighted by atomic mass is 10.1. The number of ether oxygens (including phenoxy) is 1. The molecule has 1 aliphatic carbocycles. The van der Waals surface area contributed by atoms with E-state index >= 15 is 0 Å². The minimum Gasteiger partial charge on any atom is -0.444 e. The normalized spacial score (nSPS) is 26.2. The summed E-state index contributed by atoms with van der Waals surface area (Å²) < 4.78 is 28.8. The molecule has 1 amide bonds. The standard InChI is InChI=1S/C16H23N3O4S/c1-9-6-12(18-14(17-9)24(5,21)22)13-10-7-19(8-11(10)13)15(20)23-16(2,3)4/h6,10-11,13H,7-8H2,1-5H3/t10-,11+,13?. The van der Waals surface area contributed by atoms with Gasteiger partial charge in [-0.25, -0.2) is 23.2 Å². The molecule has 8 heteroatoms. The number of aromatic nitrogens is 2. The van der Waals surface area contributed by atoms with Gasteiger partial charge >= 0.3 is 6.09 Å². The number of fused-ring (bicyclic) bond motifs is 1. The van der Waals surface area contributed by atoms with Crippen LogP contribution in [-0.4, -0.2) is 54.3 Å². The number of amides is 1. The maximum absolute atomic E-state index is 12.1. The van der Waals surface area contributed by atoms with Gasteiger partial charge in [-0.15, -0.1) is 0 Å². The fourth-order valence-electron chi connectivity index (χ4n) is 3.34. The molecule has 0 bridgehead atoms. The average Bonchev–Trinajstić information content (AvgIpc) is 2.89. The number of hydrogen-bond acceptors (Lipinski definition) is 6. The third-order valence-corrected chi connectivity index (χ3v) is 5.22. The van der Waals surface area contributed by atoms with Gasteiger partial charge in [0.2, 0.25) is 15.0 Å². The molecular weight excluding hydrogens is 330 g/mol. The lowest BCUT2D eigenvalue weighted by Crippen LogP contribution is -2.37. The average molecular weight is 353 g/mol. The van der Waals surface area contributed by atoms with Gasteiger partial charge in [-0.1, -0.05) is 0 Å². The van der Waals surface area contributed by atoms with Crippen LogP contribution in [0.15, 0.2) is 11.2 Å². The molecule has 1 unspecified atom stereocenters. The van der Waals surface area contributed by atoms with E-state index in [0.29, 0.717) is 30.6 Å². The van der Waals surface area contributed by atoms with Crippen molar-refractivity contribution in [1.29, 1.82) is 0 Å². The van der Waals surface area contributed by atoms with Gasteiger partial charge in [-0.05, 0) is 45.6 Å². The summed E-state index contributed by atoms with van der Waals surface area (Å²) in [5, 5.41) is -0.119. The first-order valence-corrected chi connectivity index (χ1v) is 9.88. The summed E-state index contributed by atoms with van der Waals surface area (Å²) in [7, 11) is -3.43. The maximum Gasteiger partial charge on any atom is 0.410 e. The number of sulfone groups is 1. The van der Waals surface area contributed by atoms with Crippen molar-refractivity contribution in [3.63, 3.8) is 0 Å². The summed E-state index contributed by atoms with van der Waals surface area (Å²) in [4.78, 5) is 22.1. The Morgan fingerprint density at radius 2 is 1.83 bits per heavy atom. The number of carbonyl (C=O) groups is 1. The van der Waals surface area contributed by atoms with Gasteiger partial charge in [0.15, 0.2) is 0 Å². The van der Waals surface area contributed by atoms with Crippen LogP contribution >= 0.6 is 0 Å². The number of hydrogen-bond donors (Lipinski definition) is 0. The highest BCUT2D eigenvalue weighted by Gasteiger charge is 2.58. The van der Waals surface area contributed by atoms with Gasteiger partial charge in [0.25, 0.3) is 0 Å². The minimum absolute atomic E-state index is 0.119. The SMILES string of the molecule is Cc1cc(C2[C@H]3CN(C(=O)OC(C)(C)C)C[C@@H]23)nc(S(C)(=O)=O)n1. The molecular formula is C16H23N3O4S. The van der Waals surface area contributed by atoms with Crippen LogP contribution in [0.3, 0.4) is 0 Å². The molecule has 3 rings (SSSR count). The Labute approximate surface area is 142 Å². The molecule has 1 aliphatic heterocycles. The molecule has 1 saturated carbocycles. The van der Waals surface area contributed by atoms with E-state index in [9.17, 15) is 13.2 Å². The van der Waals surface area contributed by atoms with Crippen LogP contribution in [0.5, 0.6) is 0 Å². The first-order chi connectivity index (χ1) is 11.0. The predicted molar refractivity (Wildman–Crippen MR) is 87.4 cm³/mol. The fourth-order valence-corrected chi connectivity index (χ4v) is 3.92. The second-order valence-corrected chi connectivity index (χ2v) is 9.64. The first-order valence-electron chi connectivity index (χ1n) is 7.99. The number of likely N-dealkylation sites (tertiary alicyclic amines) is 1. The van der Waals surface area contributed by atoms with Crippen LogP contribution < -0.4 is 0 Å². The molecule has 7 nitrogen and oxygen atoms in total. The highest BCUT2D eigenvalue weighted by Crippen LogP contribution is 2.57. The van der Waals surface area contributed by atoms with Crippen LogP contribution in [0.2, 0.25) is 0 Å². The van der Waals surface area contributed by atoms with Gasteiger partial charge in [-0.2, -0.15) is 0 Å². The molecule has 1 saturated heterocycles. The third-order valence-electron chi connectivity index (χ3n) is 4.37. The Hall–Kier alpha value is -1.70. The molecule has 2 aliphatic rings. The van der Waals surface area contributed by atoms with Crippen LogP contribution in [-0.2, 0) is 14.6 Å². The molecule has 1 aromatic rings. The summed E-state index contributed by atoms with van der Waals surface area (Å²) in [6.07, 6.45) is 0.827. The van der Waals surface area contributed by atoms with Gasteiger partial charge in [0, 0.05) is 36.7 Å². The zero-order chi connectivity index (χ0) is 17.9. The minimum atomic E-state index is -3.43. The maximum atomic E-state index is 12.1. The molecule has 1 aromatic heterocycles. The largest absolute Gasteiger partial charge is 0.444 e. The van der Waals surface area contributed by atoms with Crippen LogP contribution in [0.4, 0.5) is 4.79 Å². The van der Waals surface area contributed by atoms with E-state index < -0.39 is 15.4 Å². The zero-order valence-corrected chi connectivity index (χ0v) is 15.4. The van der Waals surface area contributed by atoms with E-state index in [2.05, 4.69) is 9.97 Å². The summed E-state index contributed by atoms with van der Waals surface area (Å²) in [6, 6.07) is 1.84. The fraction of sp³-hybridized carbons (Fsp3) is 0.688. The van der Waals surface area contributed by atoms with Crippen molar-refractivity contribution < 1.29 is 17.9 Å². The smallest absolute Gasteiger partial charge is 0.410 e. The van der Waals surface area contributed by atoms with Crippen LogP contribution in [0, 0.1) is 18.8 Å². The molecule has 0 N–H and O–H groups in total. The molecule has 0 aromatic carbocycles. The summed E-state index contributed by atoms with van der Waals surface area (Å²) in [6.45, 7) is 8.57. The van der Waals surface area contributed by atoms with E-state index in [4.69, 9.17) is 4.74 Å². The summed E-state index contributed by atoms with van der Waals surface area (Å²) >= 11 is 0. The number of nitrogens with zero attached hydrogens (tertiary/aromatic N) is 3. The molecule has 0 spiro atoms. The van der Waals surface area contributed by atoms with Crippen LogP contribution in [0.1, 0.15) is 38.1 Å². The molecule has 3 atom stereocenters. The van der Waals surface area contributed by atoms with Crippen molar-refractivity contribution in [1.82, 2.24) is 14.9 Å². The lowest BCUT2D eigenvalue weighted by Gasteiger charge is -2.25. The Balaban J connectivity index is 1.70. The van der Waals surface area contributed by atoms with Crippen LogP contribution in [0.25, 0.3) is 0 Å². The second kappa shape index (κ2) is 5.40. The monoisotopic (exact) mass is 353 g/mol. The molecule has 132 valence electrons. The van der Waals surface area contributed by atoms with Crippen molar-refractivity contribution in [3.8, 4) is 0 Å². The van der Waals surface area contributed by atoms with Crippen molar-refractivity contribution in [2.75, 3.05) is 19.3 Å². The van der Waals surface area contributed by atoms with Crippen molar-refractivity contribution in [2.45, 2.75) is 44.4 Å². The molecule has 2 fully saturated rings. The summed E-state index contributed by atoms with van der Waals surface area (Å²) in [5.41, 5.74) is 0.911. The highest BCUT2D eigenvalue weighted by molar-refractivity contribution is 7.90. The van der Waals surface area contributed by atoms with Crippen molar-refractivity contribution in [2.24, 2.45) is 11.8 Å². The molecule has 2 heterocycles. The highest BCUT2D eigenvalue weighted by atomic mass is 32.2. The molecule has 24 heavy (non-hydrogen) atoms. The Morgan fingerprint density at radius 1 is 1.25 bits per heavy atom. The van der Waals surface area contributed by atoms with E-state index in [1.165, 1.54) is 0 Å². The predicted octanol–water partition coefficient (Wildman–Crippen LogP) is 1.77. The number of aryl methyl sites for hydroxylation is 1. The zero-order valence-electron chi connectivity index (χ0n) is 14.6. The summed E-state index contributed by atoms with van der Waals surface area (Å²) in [5.74, 6) is 0.837. The second-order valence-electron chi connectivity index (χ2n) is 7.73. The van der Waals surface area contributed by atoms with Crippen molar-refractivity contribution in [3.05, 3.63) is 17.5 Å². The number of rotatable bonds is 2. The Morgan fingerprint density at radius 3 is 2.33 bits per heavy atom. The number of carbonyl (C=O) groups excluding carboxylic acids is 1. The van der Waals surface area contributed by atoms with Gasteiger partial charge in [0.05, 0.1) is 0 Å². The third kappa shape index (κ3) is 3.38. The van der Waals surface area contributed by atoms with E-state index in [0.717, 1.165) is 11.9 Å². The quantitative estimate of drug-likeness (QED) is 0.753. The van der Waals surface area contributed by atoms with Crippen molar-refractivity contribution >= 4 is 15.9 Å². The topological polar surface area (TPSA) is 89.5 Å². The van der Waals surface area contributed by atoms with E-state index in [-0.39, 0.29) is 17.2 Å². The van der Waals surface area contributed by atoms with E-state index in [1.807, 2.05) is 26.8 Å². The lowest BCUT2D eigenvalue weighted by molar-refractivity contribution is 0.0270. The van der Waals surface area contributed by atoms with Gasteiger partial charge in [-0.3, -0.25) is 0 Å². The number of piperidine rings is 1. The Kier molecular flexibility index (Phi) is 3.86. The first kappa shape index (κ1) is 17.1. The van der Waals surface area contributed by atoms with E-state index in [1.54, 1.807) is 11.8 Å². The Bertz CT molecular complexity index is 773. The molecule has 0 radical (unpaired) electrons.